The van der Waals surface area contributed by atoms with Gasteiger partial charge in [-0.05, 0) is 53.7 Å². The molecule has 0 saturated heterocycles. The van der Waals surface area contributed by atoms with Gasteiger partial charge in [-0.3, -0.25) is 0 Å². The standard InChI is InChI=1S/C22H18N4O6S/c1-15-8-11-18(12-9-15)33(28,29)32-20-14-17(10-13-19(20)21(27)30-2)31-22-23-24-25-26(22)16-6-4-3-5-7-16/h3-14H,1-2H3. The topological polar surface area (TPSA) is 122 Å². The zero-order chi connectivity index (χ0) is 23.4. The van der Waals surface area contributed by atoms with Crippen LogP contribution in [0.2, 0.25) is 0 Å². The van der Waals surface area contributed by atoms with Gasteiger partial charge in [0.15, 0.2) is 5.75 Å². The van der Waals surface area contributed by atoms with Crippen molar-refractivity contribution in [3.63, 3.8) is 0 Å². The largest absolute Gasteiger partial charge is 0.465 e. The summed E-state index contributed by atoms with van der Waals surface area (Å²) in [6.45, 7) is 1.83. The fourth-order valence-electron chi connectivity index (χ4n) is 2.86. The minimum atomic E-state index is -4.23. The summed E-state index contributed by atoms with van der Waals surface area (Å²) < 4.78 is 42.7. The number of para-hydroxylation sites is 1. The highest BCUT2D eigenvalue weighted by Gasteiger charge is 2.23. The highest BCUT2D eigenvalue weighted by Crippen LogP contribution is 2.31. The van der Waals surface area contributed by atoms with Crippen molar-refractivity contribution in [2.75, 3.05) is 7.11 Å². The van der Waals surface area contributed by atoms with Crippen molar-refractivity contribution in [1.82, 2.24) is 20.2 Å². The van der Waals surface area contributed by atoms with Gasteiger partial charge in [0.05, 0.1) is 12.8 Å². The number of hydrogen-bond acceptors (Lipinski definition) is 9. The Labute approximate surface area is 189 Å². The van der Waals surface area contributed by atoms with E-state index >= 15 is 0 Å². The smallest absolute Gasteiger partial charge is 0.345 e. The van der Waals surface area contributed by atoms with Crippen LogP contribution < -0.4 is 8.92 Å². The third-order valence-corrected chi connectivity index (χ3v) is 5.77. The summed E-state index contributed by atoms with van der Waals surface area (Å²) in [6, 6.07) is 19.2. The van der Waals surface area contributed by atoms with E-state index < -0.39 is 16.1 Å². The van der Waals surface area contributed by atoms with Gasteiger partial charge in [-0.15, -0.1) is 0 Å². The van der Waals surface area contributed by atoms with E-state index in [4.69, 9.17) is 13.7 Å². The maximum Gasteiger partial charge on any atom is 0.345 e. The average molecular weight is 466 g/mol. The Morgan fingerprint density at radius 1 is 0.970 bits per heavy atom. The number of esters is 1. The molecular weight excluding hydrogens is 448 g/mol. The monoisotopic (exact) mass is 466 g/mol. The van der Waals surface area contributed by atoms with Crippen molar-refractivity contribution in [3.8, 4) is 23.2 Å². The summed E-state index contributed by atoms with van der Waals surface area (Å²) in [6.07, 6.45) is 0. The van der Waals surface area contributed by atoms with Crippen LogP contribution in [0, 0.1) is 6.92 Å². The predicted molar refractivity (Wildman–Crippen MR) is 116 cm³/mol. The average Bonchev–Trinajstić information content (AvgIpc) is 3.27. The first-order valence-electron chi connectivity index (χ1n) is 9.62. The lowest BCUT2D eigenvalue weighted by Gasteiger charge is -2.12. The summed E-state index contributed by atoms with van der Waals surface area (Å²) in [5.74, 6) is -0.896. The van der Waals surface area contributed by atoms with Crippen LogP contribution in [0.25, 0.3) is 5.69 Å². The van der Waals surface area contributed by atoms with E-state index in [0.717, 1.165) is 5.56 Å². The highest BCUT2D eigenvalue weighted by molar-refractivity contribution is 7.87. The second-order valence-electron chi connectivity index (χ2n) is 6.81. The SMILES string of the molecule is COC(=O)c1ccc(Oc2nnnn2-c2ccccc2)cc1OS(=O)(=O)c1ccc(C)cc1. The first-order chi connectivity index (χ1) is 15.9. The maximum absolute atomic E-state index is 12.8. The van der Waals surface area contributed by atoms with Gasteiger partial charge in [0.2, 0.25) is 0 Å². The molecule has 1 aromatic heterocycles. The number of carbonyl (C=O) groups is 1. The van der Waals surface area contributed by atoms with Gasteiger partial charge in [-0.2, -0.15) is 13.1 Å². The molecule has 0 atom stereocenters. The molecule has 168 valence electrons. The maximum atomic E-state index is 12.8. The first kappa shape index (κ1) is 22.0. The van der Waals surface area contributed by atoms with E-state index in [2.05, 4.69) is 15.5 Å². The molecule has 10 nitrogen and oxygen atoms in total. The summed E-state index contributed by atoms with van der Waals surface area (Å²) in [7, 11) is -3.05. The Kier molecular flexibility index (Phi) is 6.05. The molecule has 0 spiro atoms. The molecule has 0 unspecified atom stereocenters. The van der Waals surface area contributed by atoms with Crippen molar-refractivity contribution < 1.29 is 26.9 Å². The molecule has 0 amide bonds. The van der Waals surface area contributed by atoms with Gasteiger partial charge in [0.25, 0.3) is 0 Å². The first-order valence-corrected chi connectivity index (χ1v) is 11.0. The summed E-state index contributed by atoms with van der Waals surface area (Å²) in [5, 5.41) is 11.4. The number of carbonyl (C=O) groups excluding carboxylic acids is 1. The molecule has 11 heteroatoms. The van der Waals surface area contributed by atoms with Gasteiger partial charge in [-0.1, -0.05) is 41.0 Å². The second-order valence-corrected chi connectivity index (χ2v) is 8.36. The van der Waals surface area contributed by atoms with Gasteiger partial charge in [0, 0.05) is 6.07 Å². The normalized spacial score (nSPS) is 11.1. The van der Waals surface area contributed by atoms with Crippen molar-refractivity contribution >= 4 is 16.1 Å². The number of rotatable bonds is 7. The zero-order valence-electron chi connectivity index (χ0n) is 17.6. The fraction of sp³-hybridized carbons (Fsp3) is 0.0909. The van der Waals surface area contributed by atoms with Crippen LogP contribution in [0.3, 0.4) is 0 Å². The van der Waals surface area contributed by atoms with Crippen LogP contribution in [0.1, 0.15) is 15.9 Å². The number of methoxy groups -OCH3 is 1. The molecule has 0 N–H and O–H groups in total. The lowest BCUT2D eigenvalue weighted by Crippen LogP contribution is -2.13. The number of nitrogens with zero attached hydrogens (tertiary/aromatic N) is 4. The number of ether oxygens (including phenoxy) is 2. The highest BCUT2D eigenvalue weighted by atomic mass is 32.2. The number of aromatic nitrogens is 4. The van der Waals surface area contributed by atoms with E-state index in [0.29, 0.717) is 5.69 Å². The van der Waals surface area contributed by atoms with Crippen molar-refractivity contribution in [3.05, 3.63) is 83.9 Å². The van der Waals surface area contributed by atoms with Crippen LogP contribution in [0.15, 0.2) is 77.7 Å². The summed E-state index contributed by atoms with van der Waals surface area (Å²) >= 11 is 0. The Morgan fingerprint density at radius 3 is 2.39 bits per heavy atom. The molecule has 0 aliphatic heterocycles. The van der Waals surface area contributed by atoms with Crippen molar-refractivity contribution in [2.24, 2.45) is 0 Å². The molecule has 4 rings (SSSR count). The molecule has 0 fully saturated rings. The molecular formula is C22H18N4O6S. The van der Waals surface area contributed by atoms with E-state index in [1.807, 2.05) is 25.1 Å². The van der Waals surface area contributed by atoms with Crippen LogP contribution in [0.5, 0.6) is 17.5 Å². The van der Waals surface area contributed by atoms with E-state index in [1.165, 1.54) is 42.1 Å². The number of tetrazole rings is 1. The minimum Gasteiger partial charge on any atom is -0.465 e. The van der Waals surface area contributed by atoms with Gasteiger partial charge >= 0.3 is 22.1 Å². The minimum absolute atomic E-state index is 0.0272. The predicted octanol–water partition coefficient (Wildman–Crippen LogP) is 3.32. The number of aryl methyl sites for hydroxylation is 1. The molecule has 0 bridgehead atoms. The molecule has 1 heterocycles. The third kappa shape index (κ3) is 4.83. The van der Waals surface area contributed by atoms with Crippen LogP contribution in [-0.2, 0) is 14.9 Å². The second kappa shape index (κ2) is 9.09. The van der Waals surface area contributed by atoms with E-state index in [9.17, 15) is 13.2 Å². The zero-order valence-corrected chi connectivity index (χ0v) is 18.4. The summed E-state index contributed by atoms with van der Waals surface area (Å²) in [4.78, 5) is 12.1. The van der Waals surface area contributed by atoms with Crippen molar-refractivity contribution in [1.29, 1.82) is 0 Å². The molecule has 0 aliphatic carbocycles. The van der Waals surface area contributed by atoms with Crippen LogP contribution >= 0.6 is 0 Å². The van der Waals surface area contributed by atoms with Gasteiger partial charge < -0.3 is 13.7 Å². The van der Waals surface area contributed by atoms with Crippen molar-refractivity contribution in [2.45, 2.75) is 11.8 Å². The molecule has 4 aromatic rings. The number of benzene rings is 3. The Hall–Kier alpha value is -4.25. The molecule has 0 radical (unpaired) electrons. The lowest BCUT2D eigenvalue weighted by molar-refractivity contribution is 0.0599. The fourth-order valence-corrected chi connectivity index (χ4v) is 3.80. The van der Waals surface area contributed by atoms with Gasteiger partial charge in [0.1, 0.15) is 16.2 Å². The molecule has 0 saturated carbocycles. The summed E-state index contributed by atoms with van der Waals surface area (Å²) in [5.41, 5.74) is 1.45. The van der Waals surface area contributed by atoms with Crippen LogP contribution in [-0.4, -0.2) is 41.7 Å². The Bertz CT molecular complexity index is 1390. The Morgan fingerprint density at radius 2 is 1.70 bits per heavy atom. The lowest BCUT2D eigenvalue weighted by atomic mass is 10.2. The van der Waals surface area contributed by atoms with E-state index in [1.54, 1.807) is 24.3 Å². The quantitative estimate of drug-likeness (QED) is 0.298. The van der Waals surface area contributed by atoms with E-state index in [-0.39, 0.29) is 28.0 Å². The third-order valence-electron chi connectivity index (χ3n) is 4.52. The van der Waals surface area contributed by atoms with Gasteiger partial charge in [-0.25, -0.2) is 4.79 Å². The van der Waals surface area contributed by atoms with Crippen LogP contribution in [0.4, 0.5) is 0 Å². The number of hydrogen-bond donors (Lipinski definition) is 0. The molecule has 0 aliphatic rings. The molecule has 3 aromatic carbocycles. The Balaban J connectivity index is 1.69. The molecule has 33 heavy (non-hydrogen) atoms.